The van der Waals surface area contributed by atoms with Crippen molar-refractivity contribution in [3.8, 4) is 0 Å². The fraction of sp³-hybridized carbons (Fsp3) is 0.500. The fourth-order valence-electron chi connectivity index (χ4n) is 0. The summed E-state index contributed by atoms with van der Waals surface area (Å²) in [5, 5.41) is -1.31. The molecule has 0 aliphatic heterocycles. The number of carbonyl (C=O) groups is 1. The Morgan fingerprint density at radius 3 is 1.86 bits per heavy atom. The van der Waals surface area contributed by atoms with E-state index in [1.165, 1.54) is 0 Å². The van der Waals surface area contributed by atoms with Crippen LogP contribution in [-0.4, -0.2) is 9.70 Å². The number of rotatable bonds is 1. The van der Waals surface area contributed by atoms with Crippen LogP contribution in [0.15, 0.2) is 0 Å². The zero-order valence-electron chi connectivity index (χ0n) is 2.95. The van der Waals surface area contributed by atoms with Gasteiger partial charge in [-0.2, -0.15) is 4.39 Å². The molecule has 5 heteroatoms. The lowest BCUT2D eigenvalue weighted by molar-refractivity contribution is -0.114. The van der Waals surface area contributed by atoms with Crippen LogP contribution in [0.25, 0.3) is 0 Å². The minimum Gasteiger partial charge on any atom is -0.275 e. The van der Waals surface area contributed by atoms with Crippen molar-refractivity contribution in [2.24, 2.45) is 0 Å². The molecule has 0 aliphatic carbocycles. The fourth-order valence-corrected chi connectivity index (χ4v) is 0. The van der Waals surface area contributed by atoms with Gasteiger partial charge in [-0.3, -0.25) is 4.79 Å². The third-order valence-corrected chi connectivity index (χ3v) is 1.08. The van der Waals surface area contributed by atoms with E-state index in [1.807, 2.05) is 0 Å². The summed E-state index contributed by atoms with van der Waals surface area (Å²) in [6.45, 7) is 0. The zero-order valence-corrected chi connectivity index (χ0v) is 5.28. The highest BCUT2D eigenvalue weighted by Crippen LogP contribution is 2.24. The first kappa shape index (κ1) is 7.40. The van der Waals surface area contributed by atoms with Crippen molar-refractivity contribution in [3.63, 3.8) is 0 Å². The summed E-state index contributed by atoms with van der Waals surface area (Å²) in [5.41, 5.74) is 0. The molecule has 0 aromatic rings. The van der Waals surface area contributed by atoms with Crippen LogP contribution in [0.3, 0.4) is 0 Å². The second-order valence-electron chi connectivity index (χ2n) is 0.785. The summed E-state index contributed by atoms with van der Waals surface area (Å²) < 4.78 is 8.71. The molecule has 0 N–H and O–H groups in total. The van der Waals surface area contributed by atoms with Gasteiger partial charge in [0, 0.05) is 0 Å². The standard InChI is InChI=1S/C2Cl2FOS/c3-2(4,5)1(6)7. The van der Waals surface area contributed by atoms with Gasteiger partial charge in [0.05, 0.1) is 0 Å². The molecule has 0 saturated carbocycles. The van der Waals surface area contributed by atoms with E-state index in [2.05, 4.69) is 35.8 Å². The van der Waals surface area contributed by atoms with Crippen LogP contribution in [0.2, 0.25) is 0 Å². The van der Waals surface area contributed by atoms with Crippen LogP contribution >= 0.6 is 35.8 Å². The molecule has 0 atom stereocenters. The number of halogens is 3. The smallest absolute Gasteiger partial charge is 0.275 e. The maximum Gasteiger partial charge on any atom is 0.330 e. The van der Waals surface area contributed by atoms with E-state index in [0.29, 0.717) is 0 Å². The van der Waals surface area contributed by atoms with Crippen LogP contribution in [-0.2, 0) is 4.79 Å². The minimum atomic E-state index is -2.88. The Bertz CT molecular complexity index is 88.2. The first-order valence-electron chi connectivity index (χ1n) is 1.23. The maximum absolute atomic E-state index is 11.6. The molecule has 0 fully saturated rings. The minimum absolute atomic E-state index is 1.31. The molecule has 0 unspecified atom stereocenters. The Balaban J connectivity index is 3.79. The molecule has 1 radical (unpaired) electrons. The van der Waals surface area contributed by atoms with E-state index < -0.39 is 9.70 Å². The predicted molar refractivity (Wildman–Crippen MR) is 28.1 cm³/mol. The lowest BCUT2D eigenvalue weighted by Gasteiger charge is -1.97. The number of carbonyl (C=O) groups excluding carboxylic acids is 1. The highest BCUT2D eigenvalue weighted by atomic mass is 35.5. The van der Waals surface area contributed by atoms with Gasteiger partial charge in [-0.25, -0.2) is 0 Å². The normalized spacial score (nSPS) is 11.3. The van der Waals surface area contributed by atoms with Gasteiger partial charge in [-0.15, -0.1) is 0 Å². The van der Waals surface area contributed by atoms with Gasteiger partial charge in [0.1, 0.15) is 0 Å². The predicted octanol–water partition coefficient (Wildman–Crippen LogP) is 1.81. The van der Waals surface area contributed by atoms with E-state index in [0.717, 1.165) is 0 Å². The molecule has 1 nitrogen and oxygen atoms in total. The molecule has 0 amide bonds. The van der Waals surface area contributed by atoms with Crippen molar-refractivity contribution in [2.75, 3.05) is 0 Å². The molecule has 41 valence electrons. The third kappa shape index (κ3) is 3.02. The van der Waals surface area contributed by atoms with Crippen LogP contribution in [0.4, 0.5) is 4.39 Å². The molecule has 0 aromatic heterocycles. The molecule has 0 rings (SSSR count). The van der Waals surface area contributed by atoms with Crippen LogP contribution in [0.1, 0.15) is 0 Å². The highest BCUT2D eigenvalue weighted by Gasteiger charge is 2.30. The second-order valence-corrected chi connectivity index (χ2v) is 2.39. The van der Waals surface area contributed by atoms with Crippen molar-refractivity contribution in [1.82, 2.24) is 0 Å². The van der Waals surface area contributed by atoms with Crippen molar-refractivity contribution >= 4 is 40.9 Å². The van der Waals surface area contributed by atoms with Crippen molar-refractivity contribution in [2.45, 2.75) is 4.59 Å². The molecule has 0 saturated heterocycles. The summed E-state index contributed by atoms with van der Waals surface area (Å²) in [7, 11) is 0. The Hall–Kier alpha value is 0.400. The van der Waals surface area contributed by atoms with E-state index in [-0.39, 0.29) is 0 Å². The topological polar surface area (TPSA) is 17.1 Å². The molecule has 7 heavy (non-hydrogen) atoms. The summed E-state index contributed by atoms with van der Waals surface area (Å²) in [6.07, 6.45) is 0. The molecule has 0 aliphatic rings. The molecule has 0 aromatic carbocycles. The Labute approximate surface area is 55.2 Å². The Kier molecular flexibility index (Phi) is 2.23. The van der Waals surface area contributed by atoms with Crippen LogP contribution < -0.4 is 0 Å². The van der Waals surface area contributed by atoms with Gasteiger partial charge in [-0.05, 0) is 12.6 Å². The van der Waals surface area contributed by atoms with E-state index >= 15 is 0 Å². The molecule has 0 spiro atoms. The lowest BCUT2D eigenvalue weighted by atomic mass is 10.8. The average molecular weight is 162 g/mol. The summed E-state index contributed by atoms with van der Waals surface area (Å²) in [4.78, 5) is 9.64. The largest absolute Gasteiger partial charge is 0.330 e. The summed E-state index contributed by atoms with van der Waals surface area (Å²) in [6, 6.07) is 0. The van der Waals surface area contributed by atoms with Crippen molar-refractivity contribution in [1.29, 1.82) is 0 Å². The number of alkyl halides is 3. The van der Waals surface area contributed by atoms with Gasteiger partial charge < -0.3 is 0 Å². The van der Waals surface area contributed by atoms with Gasteiger partial charge in [0.25, 0.3) is 5.12 Å². The summed E-state index contributed by atoms with van der Waals surface area (Å²) in [5.74, 6) is 0. The maximum atomic E-state index is 11.6. The molecular weight excluding hydrogens is 162 g/mol. The van der Waals surface area contributed by atoms with Gasteiger partial charge in [0.2, 0.25) is 0 Å². The van der Waals surface area contributed by atoms with Gasteiger partial charge in [-0.1, -0.05) is 23.2 Å². The highest BCUT2D eigenvalue weighted by molar-refractivity contribution is 7.97. The quantitative estimate of drug-likeness (QED) is 0.537. The molecule has 0 bridgehead atoms. The second kappa shape index (κ2) is 2.11. The summed E-state index contributed by atoms with van der Waals surface area (Å²) >= 11 is 12.8. The van der Waals surface area contributed by atoms with Crippen LogP contribution in [0, 0.1) is 0 Å². The number of hydrogen-bond donors (Lipinski definition) is 0. The SMILES string of the molecule is O=C([S])C(F)(Cl)Cl. The lowest BCUT2D eigenvalue weighted by Crippen LogP contribution is -2.12. The van der Waals surface area contributed by atoms with E-state index in [9.17, 15) is 9.18 Å². The third-order valence-electron chi connectivity index (χ3n) is 0.231. The van der Waals surface area contributed by atoms with Crippen molar-refractivity contribution < 1.29 is 9.18 Å². The average Bonchev–Trinajstić information content (AvgIpc) is 1.31. The monoisotopic (exact) mass is 161 g/mol. The molecular formula is C2Cl2FOS. The molecule has 0 heterocycles. The first-order valence-corrected chi connectivity index (χ1v) is 2.39. The first-order chi connectivity index (χ1) is 2.94. The van der Waals surface area contributed by atoms with E-state index in [4.69, 9.17) is 0 Å². The zero-order chi connectivity index (χ0) is 6.08. The Morgan fingerprint density at radius 2 is 1.86 bits per heavy atom. The van der Waals surface area contributed by atoms with Gasteiger partial charge in [0.15, 0.2) is 0 Å². The Morgan fingerprint density at radius 1 is 1.71 bits per heavy atom. The number of hydrogen-bond acceptors (Lipinski definition) is 1. The van der Waals surface area contributed by atoms with E-state index in [1.54, 1.807) is 0 Å². The van der Waals surface area contributed by atoms with Gasteiger partial charge >= 0.3 is 4.59 Å². The van der Waals surface area contributed by atoms with Crippen molar-refractivity contribution in [3.05, 3.63) is 0 Å². The van der Waals surface area contributed by atoms with Crippen LogP contribution in [0.5, 0.6) is 0 Å².